The van der Waals surface area contributed by atoms with Crippen LogP contribution in [-0.4, -0.2) is 25.0 Å². The van der Waals surface area contributed by atoms with Crippen molar-refractivity contribution in [2.45, 2.75) is 26.4 Å². The predicted molar refractivity (Wildman–Crippen MR) is 65.0 cm³/mol. The van der Waals surface area contributed by atoms with E-state index in [9.17, 15) is 22.4 Å². The zero-order valence-corrected chi connectivity index (χ0v) is 10.7. The molecule has 1 rings (SSSR count). The second-order valence-electron chi connectivity index (χ2n) is 4.26. The zero-order valence-electron chi connectivity index (χ0n) is 10.7. The Balaban J connectivity index is 3.06. The van der Waals surface area contributed by atoms with Gasteiger partial charge in [0.05, 0.1) is 5.69 Å². The molecule has 0 unspecified atom stereocenters. The summed E-state index contributed by atoms with van der Waals surface area (Å²) in [5.74, 6) is -1.14. The maximum Gasteiger partial charge on any atom is 0.405 e. The number of Topliss-reactive ketones (excluding diaryl/α,β-unsaturated/α-hetero) is 1. The maximum absolute atomic E-state index is 13.8. The average Bonchev–Trinajstić information content (AvgIpc) is 2.26. The van der Waals surface area contributed by atoms with Crippen molar-refractivity contribution in [3.8, 4) is 0 Å². The van der Waals surface area contributed by atoms with Gasteiger partial charge in [-0.3, -0.25) is 4.79 Å². The van der Waals surface area contributed by atoms with Gasteiger partial charge in [-0.05, 0) is 31.5 Å². The monoisotopic (exact) mass is 277 g/mol. The minimum Gasteiger partial charge on any atom is -0.360 e. The van der Waals surface area contributed by atoms with Crippen LogP contribution in [0.3, 0.4) is 0 Å². The molecule has 0 saturated heterocycles. The molecule has 0 atom stereocenters. The molecule has 0 N–H and O–H groups in total. The van der Waals surface area contributed by atoms with E-state index in [2.05, 4.69) is 0 Å². The number of rotatable bonds is 5. The number of anilines is 1. The van der Waals surface area contributed by atoms with Crippen LogP contribution in [0.15, 0.2) is 18.2 Å². The molecule has 0 bridgehead atoms. The van der Waals surface area contributed by atoms with Gasteiger partial charge >= 0.3 is 6.18 Å². The largest absolute Gasteiger partial charge is 0.405 e. The van der Waals surface area contributed by atoms with E-state index in [4.69, 9.17) is 0 Å². The van der Waals surface area contributed by atoms with Crippen molar-refractivity contribution in [2.75, 3.05) is 18.0 Å². The summed E-state index contributed by atoms with van der Waals surface area (Å²) in [7, 11) is 0. The summed E-state index contributed by atoms with van der Waals surface area (Å²) >= 11 is 0. The van der Waals surface area contributed by atoms with Crippen LogP contribution < -0.4 is 4.90 Å². The fourth-order valence-electron chi connectivity index (χ4n) is 1.75. The summed E-state index contributed by atoms with van der Waals surface area (Å²) in [6, 6.07) is 3.52. The molecule has 1 aromatic carbocycles. The summed E-state index contributed by atoms with van der Waals surface area (Å²) in [5, 5.41) is 0. The van der Waals surface area contributed by atoms with Gasteiger partial charge in [0.2, 0.25) is 0 Å². The van der Waals surface area contributed by atoms with Gasteiger partial charge in [0, 0.05) is 12.1 Å². The summed E-state index contributed by atoms with van der Waals surface area (Å²) < 4.78 is 51.1. The first-order valence-electron chi connectivity index (χ1n) is 5.86. The Morgan fingerprint density at radius 2 is 1.95 bits per heavy atom. The highest BCUT2D eigenvalue weighted by molar-refractivity contribution is 5.94. The van der Waals surface area contributed by atoms with Crippen molar-refractivity contribution in [2.24, 2.45) is 0 Å². The van der Waals surface area contributed by atoms with Crippen molar-refractivity contribution in [1.82, 2.24) is 0 Å². The highest BCUT2D eigenvalue weighted by atomic mass is 19.4. The number of carbonyl (C=O) groups is 1. The number of ketones is 1. The maximum atomic E-state index is 13.8. The minimum atomic E-state index is -4.40. The molecule has 0 aliphatic carbocycles. The normalized spacial score (nSPS) is 11.5. The molecule has 0 heterocycles. The minimum absolute atomic E-state index is 0.0931. The number of hydrogen-bond donors (Lipinski definition) is 0. The number of benzene rings is 1. The molecule has 106 valence electrons. The van der Waals surface area contributed by atoms with E-state index in [0.29, 0.717) is 6.42 Å². The topological polar surface area (TPSA) is 20.3 Å². The number of alkyl halides is 3. The average molecular weight is 277 g/mol. The molecular weight excluding hydrogens is 262 g/mol. The molecule has 0 aromatic heterocycles. The van der Waals surface area contributed by atoms with E-state index in [1.165, 1.54) is 19.1 Å². The van der Waals surface area contributed by atoms with Crippen LogP contribution in [0.1, 0.15) is 30.6 Å². The van der Waals surface area contributed by atoms with E-state index < -0.39 is 18.5 Å². The van der Waals surface area contributed by atoms with Crippen molar-refractivity contribution in [3.63, 3.8) is 0 Å². The Morgan fingerprint density at radius 3 is 2.37 bits per heavy atom. The third-order valence-corrected chi connectivity index (χ3v) is 2.56. The van der Waals surface area contributed by atoms with Gasteiger partial charge in [0.25, 0.3) is 0 Å². The van der Waals surface area contributed by atoms with Crippen molar-refractivity contribution in [1.29, 1.82) is 0 Å². The molecule has 2 nitrogen and oxygen atoms in total. The first-order valence-corrected chi connectivity index (χ1v) is 5.86. The van der Waals surface area contributed by atoms with Crippen LogP contribution in [0.25, 0.3) is 0 Å². The Kier molecular flexibility index (Phi) is 4.91. The molecule has 6 heteroatoms. The third kappa shape index (κ3) is 4.54. The van der Waals surface area contributed by atoms with Crippen LogP contribution in [-0.2, 0) is 0 Å². The molecular formula is C13H15F4NO. The second-order valence-corrected chi connectivity index (χ2v) is 4.26. The lowest BCUT2D eigenvalue weighted by molar-refractivity contribution is -0.119. The van der Waals surface area contributed by atoms with Gasteiger partial charge in [-0.1, -0.05) is 6.92 Å². The van der Waals surface area contributed by atoms with E-state index in [-0.39, 0.29) is 23.6 Å². The van der Waals surface area contributed by atoms with Crippen LogP contribution in [0.2, 0.25) is 0 Å². The Labute approximate surface area is 109 Å². The summed E-state index contributed by atoms with van der Waals surface area (Å²) in [6.45, 7) is 1.87. The molecule has 0 aliphatic heterocycles. The number of nitrogens with zero attached hydrogens (tertiary/aromatic N) is 1. The van der Waals surface area contributed by atoms with Gasteiger partial charge in [0.15, 0.2) is 5.78 Å². The van der Waals surface area contributed by atoms with Gasteiger partial charge in [-0.2, -0.15) is 13.2 Å². The highest BCUT2D eigenvalue weighted by Gasteiger charge is 2.31. The summed E-state index contributed by atoms with van der Waals surface area (Å²) in [4.78, 5) is 12.0. The lowest BCUT2D eigenvalue weighted by atomic mass is 10.1. The summed E-state index contributed by atoms with van der Waals surface area (Å²) in [6.07, 6.45) is -3.94. The first kappa shape index (κ1) is 15.5. The van der Waals surface area contributed by atoms with E-state index in [1.807, 2.05) is 0 Å². The second kappa shape index (κ2) is 6.04. The lowest BCUT2D eigenvalue weighted by Crippen LogP contribution is -2.35. The van der Waals surface area contributed by atoms with Crippen LogP contribution >= 0.6 is 0 Å². The van der Waals surface area contributed by atoms with Gasteiger partial charge in [0.1, 0.15) is 12.4 Å². The lowest BCUT2D eigenvalue weighted by Gasteiger charge is -2.26. The van der Waals surface area contributed by atoms with Crippen molar-refractivity contribution >= 4 is 11.5 Å². The van der Waals surface area contributed by atoms with Gasteiger partial charge in [-0.25, -0.2) is 4.39 Å². The van der Waals surface area contributed by atoms with Crippen LogP contribution in [0, 0.1) is 5.82 Å². The van der Waals surface area contributed by atoms with E-state index in [1.54, 1.807) is 6.92 Å². The molecule has 19 heavy (non-hydrogen) atoms. The summed E-state index contributed by atoms with van der Waals surface area (Å²) in [5.41, 5.74) is 0.00822. The number of hydrogen-bond acceptors (Lipinski definition) is 2. The molecule has 0 radical (unpaired) electrons. The Bertz CT molecular complexity index is 456. The molecule has 0 spiro atoms. The van der Waals surface area contributed by atoms with Gasteiger partial charge < -0.3 is 4.90 Å². The van der Waals surface area contributed by atoms with E-state index >= 15 is 0 Å². The molecule has 0 fully saturated rings. The third-order valence-electron chi connectivity index (χ3n) is 2.56. The van der Waals surface area contributed by atoms with E-state index in [0.717, 1.165) is 11.0 Å². The SMILES string of the molecule is CCCN(CC(F)(F)F)c1ccc(C(C)=O)cc1F. The predicted octanol–water partition coefficient (Wildman–Crippen LogP) is 3.81. The fraction of sp³-hybridized carbons (Fsp3) is 0.462. The number of halogens is 4. The Morgan fingerprint density at radius 1 is 1.32 bits per heavy atom. The van der Waals surface area contributed by atoms with Crippen LogP contribution in [0.5, 0.6) is 0 Å². The quantitative estimate of drug-likeness (QED) is 0.602. The Hall–Kier alpha value is -1.59. The standard InChI is InChI=1S/C13H15F4NO/c1-3-6-18(8-13(15,16)17)12-5-4-10(9(2)19)7-11(12)14/h4-5,7H,3,6,8H2,1-2H3. The molecule has 1 aromatic rings. The molecule has 0 saturated carbocycles. The van der Waals surface area contributed by atoms with Crippen molar-refractivity contribution in [3.05, 3.63) is 29.6 Å². The van der Waals surface area contributed by atoms with Crippen molar-refractivity contribution < 1.29 is 22.4 Å². The molecule has 0 aliphatic rings. The van der Waals surface area contributed by atoms with Gasteiger partial charge in [-0.15, -0.1) is 0 Å². The van der Waals surface area contributed by atoms with Crippen LogP contribution in [0.4, 0.5) is 23.2 Å². The molecule has 0 amide bonds. The highest BCUT2D eigenvalue weighted by Crippen LogP contribution is 2.25. The zero-order chi connectivity index (χ0) is 14.6. The first-order chi connectivity index (χ1) is 8.74. The fourth-order valence-corrected chi connectivity index (χ4v) is 1.75. The number of carbonyl (C=O) groups excluding carboxylic acids is 1. The smallest absolute Gasteiger partial charge is 0.360 e.